The summed E-state index contributed by atoms with van der Waals surface area (Å²) in [4.78, 5) is 7.34. The van der Waals surface area contributed by atoms with Gasteiger partial charge < -0.3 is 14.2 Å². The summed E-state index contributed by atoms with van der Waals surface area (Å²) in [5.74, 6) is 2.09. The number of imidazole rings is 1. The average molecular weight is 458 g/mol. The Morgan fingerprint density at radius 2 is 1.79 bits per heavy atom. The molecule has 0 spiro atoms. The van der Waals surface area contributed by atoms with Crippen molar-refractivity contribution in [3.8, 4) is 5.75 Å². The summed E-state index contributed by atoms with van der Waals surface area (Å²) in [5.41, 5.74) is 1.63. The summed E-state index contributed by atoms with van der Waals surface area (Å²) < 4.78 is 47.5. The summed E-state index contributed by atoms with van der Waals surface area (Å²) in [7, 11) is 1.63. The van der Waals surface area contributed by atoms with Gasteiger partial charge >= 0.3 is 6.18 Å². The molecule has 0 aliphatic carbocycles. The van der Waals surface area contributed by atoms with E-state index in [4.69, 9.17) is 9.72 Å². The molecule has 2 fully saturated rings. The zero-order valence-corrected chi connectivity index (χ0v) is 18.9. The Morgan fingerprint density at radius 3 is 2.55 bits per heavy atom. The molecule has 176 valence electrons. The lowest BCUT2D eigenvalue weighted by Gasteiger charge is -2.44. The van der Waals surface area contributed by atoms with Crippen molar-refractivity contribution < 1.29 is 17.9 Å². The van der Waals surface area contributed by atoms with Crippen molar-refractivity contribution in [3.05, 3.63) is 59.4 Å². The van der Waals surface area contributed by atoms with E-state index in [1.807, 2.05) is 24.3 Å². The Kier molecular flexibility index (Phi) is 6.08. The Morgan fingerprint density at radius 1 is 1.00 bits per heavy atom. The number of halogens is 3. The SMILES string of the molecule is COc1ccc(Cc2nc3cc(C(F)(F)F)ccc3n2C[C@@H]2CCCN3CCCCC23)cc1. The number of nitrogens with zero attached hydrogens (tertiary/aromatic N) is 3. The molecule has 0 saturated carbocycles. The van der Waals surface area contributed by atoms with E-state index in [9.17, 15) is 13.2 Å². The predicted molar refractivity (Wildman–Crippen MR) is 122 cm³/mol. The highest BCUT2D eigenvalue weighted by Crippen LogP contribution is 2.35. The van der Waals surface area contributed by atoms with Crippen LogP contribution in [0.4, 0.5) is 13.2 Å². The van der Waals surface area contributed by atoms with E-state index in [0.29, 0.717) is 23.9 Å². The minimum absolute atomic E-state index is 0.421. The maximum atomic E-state index is 13.3. The second kappa shape index (κ2) is 9.01. The second-order valence-corrected chi connectivity index (χ2v) is 9.37. The van der Waals surface area contributed by atoms with Crippen LogP contribution in [0.15, 0.2) is 42.5 Å². The normalized spacial score (nSPS) is 21.8. The fourth-order valence-corrected chi connectivity index (χ4v) is 5.65. The zero-order chi connectivity index (χ0) is 23.0. The summed E-state index contributed by atoms with van der Waals surface area (Å²) in [5, 5.41) is 0. The van der Waals surface area contributed by atoms with Gasteiger partial charge in [-0.1, -0.05) is 18.6 Å². The molecule has 2 aromatic carbocycles. The van der Waals surface area contributed by atoms with Crippen LogP contribution < -0.4 is 4.74 Å². The molecule has 2 atom stereocenters. The van der Waals surface area contributed by atoms with Crippen molar-refractivity contribution in [2.75, 3.05) is 20.2 Å². The van der Waals surface area contributed by atoms with E-state index in [2.05, 4.69) is 9.47 Å². The molecule has 1 aromatic heterocycles. The summed E-state index contributed by atoms with van der Waals surface area (Å²) in [6.07, 6.45) is 2.27. The van der Waals surface area contributed by atoms with Crippen molar-refractivity contribution in [1.82, 2.24) is 14.5 Å². The van der Waals surface area contributed by atoms with E-state index < -0.39 is 11.7 Å². The van der Waals surface area contributed by atoms with E-state index in [1.54, 1.807) is 13.2 Å². The topological polar surface area (TPSA) is 30.3 Å². The van der Waals surface area contributed by atoms with Gasteiger partial charge in [0, 0.05) is 19.0 Å². The minimum Gasteiger partial charge on any atom is -0.497 e. The average Bonchev–Trinajstić information content (AvgIpc) is 3.15. The zero-order valence-electron chi connectivity index (χ0n) is 18.9. The van der Waals surface area contributed by atoms with Crippen LogP contribution in [0.1, 0.15) is 49.1 Å². The highest BCUT2D eigenvalue weighted by atomic mass is 19.4. The van der Waals surface area contributed by atoms with E-state index in [-0.39, 0.29) is 0 Å². The third kappa shape index (κ3) is 4.60. The van der Waals surface area contributed by atoms with Gasteiger partial charge in [0.2, 0.25) is 0 Å². The number of hydrogen-bond acceptors (Lipinski definition) is 3. The maximum Gasteiger partial charge on any atom is 0.416 e. The van der Waals surface area contributed by atoms with Crippen LogP contribution in [0.2, 0.25) is 0 Å². The van der Waals surface area contributed by atoms with Gasteiger partial charge in [-0.25, -0.2) is 4.98 Å². The van der Waals surface area contributed by atoms with Crippen molar-refractivity contribution in [2.24, 2.45) is 5.92 Å². The third-order valence-electron chi connectivity index (χ3n) is 7.32. The van der Waals surface area contributed by atoms with Gasteiger partial charge in [0.1, 0.15) is 11.6 Å². The summed E-state index contributed by atoms with van der Waals surface area (Å²) in [6.45, 7) is 3.13. The number of benzene rings is 2. The highest BCUT2D eigenvalue weighted by molar-refractivity contribution is 5.77. The molecule has 0 radical (unpaired) electrons. The van der Waals surface area contributed by atoms with Crippen LogP contribution in [0.25, 0.3) is 11.0 Å². The molecule has 1 unspecified atom stereocenters. The minimum atomic E-state index is -4.37. The predicted octanol–water partition coefficient (Wildman–Crippen LogP) is 5.92. The quantitative estimate of drug-likeness (QED) is 0.477. The number of fused-ring (bicyclic) bond motifs is 2. The molecule has 3 heterocycles. The van der Waals surface area contributed by atoms with Crippen LogP contribution in [0, 0.1) is 5.92 Å². The molecular formula is C26H30F3N3O. The Hall–Kier alpha value is -2.54. The molecule has 0 amide bonds. The van der Waals surface area contributed by atoms with Crippen LogP contribution in [-0.2, 0) is 19.1 Å². The van der Waals surface area contributed by atoms with Crippen molar-refractivity contribution in [3.63, 3.8) is 0 Å². The molecule has 2 aliphatic rings. The smallest absolute Gasteiger partial charge is 0.416 e. The molecule has 0 bridgehead atoms. The van der Waals surface area contributed by atoms with E-state index in [1.165, 1.54) is 50.9 Å². The number of ether oxygens (including phenoxy) is 1. The summed E-state index contributed by atoms with van der Waals surface area (Å²) in [6, 6.07) is 12.3. The van der Waals surface area contributed by atoms with E-state index in [0.717, 1.165) is 35.6 Å². The highest BCUT2D eigenvalue weighted by Gasteiger charge is 2.34. The van der Waals surface area contributed by atoms with Crippen LogP contribution in [0.3, 0.4) is 0 Å². The number of aromatic nitrogens is 2. The van der Waals surface area contributed by atoms with Crippen LogP contribution in [-0.4, -0.2) is 40.7 Å². The van der Waals surface area contributed by atoms with Gasteiger partial charge in [-0.3, -0.25) is 0 Å². The lowest BCUT2D eigenvalue weighted by Crippen LogP contribution is -2.49. The first kappa shape index (κ1) is 22.3. The largest absolute Gasteiger partial charge is 0.497 e. The van der Waals surface area contributed by atoms with Crippen LogP contribution >= 0.6 is 0 Å². The van der Waals surface area contributed by atoms with Crippen molar-refractivity contribution >= 4 is 11.0 Å². The van der Waals surface area contributed by atoms with Gasteiger partial charge in [-0.05, 0) is 80.6 Å². The van der Waals surface area contributed by atoms with Crippen molar-refractivity contribution in [2.45, 2.75) is 57.3 Å². The molecule has 5 rings (SSSR count). The lowest BCUT2D eigenvalue weighted by atomic mass is 9.83. The number of rotatable bonds is 5. The molecule has 7 heteroatoms. The lowest BCUT2D eigenvalue weighted by molar-refractivity contribution is -0.137. The van der Waals surface area contributed by atoms with E-state index >= 15 is 0 Å². The van der Waals surface area contributed by atoms with Crippen molar-refractivity contribution in [1.29, 1.82) is 0 Å². The summed E-state index contributed by atoms with van der Waals surface area (Å²) >= 11 is 0. The van der Waals surface area contributed by atoms with Gasteiger partial charge in [-0.2, -0.15) is 13.2 Å². The maximum absolute atomic E-state index is 13.3. The first-order valence-electron chi connectivity index (χ1n) is 11.9. The number of hydrogen-bond donors (Lipinski definition) is 0. The molecule has 0 N–H and O–H groups in total. The Balaban J connectivity index is 1.51. The molecule has 33 heavy (non-hydrogen) atoms. The second-order valence-electron chi connectivity index (χ2n) is 9.37. The Labute approximate surface area is 192 Å². The number of alkyl halides is 3. The van der Waals surface area contributed by atoms with Gasteiger partial charge in [0.15, 0.2) is 0 Å². The van der Waals surface area contributed by atoms with Gasteiger partial charge in [0.05, 0.1) is 23.7 Å². The van der Waals surface area contributed by atoms with Crippen LogP contribution in [0.5, 0.6) is 5.75 Å². The molecule has 3 aromatic rings. The molecule has 2 aliphatic heterocycles. The monoisotopic (exact) mass is 457 g/mol. The fourth-order valence-electron chi connectivity index (χ4n) is 5.65. The standard InChI is InChI=1S/C26H30F3N3O/c1-33-21-10-7-18(8-11-21)15-25-30-22-16-20(26(27,28)29)9-12-24(22)32(25)17-19-5-4-14-31-13-3-2-6-23(19)31/h7-12,16,19,23H,2-6,13-15,17H2,1H3/t19-,23?/m0/s1. The third-order valence-corrected chi connectivity index (χ3v) is 7.32. The fraction of sp³-hybridized carbons (Fsp3) is 0.500. The number of piperidine rings is 2. The molecule has 2 saturated heterocycles. The molecule has 4 nitrogen and oxygen atoms in total. The first-order chi connectivity index (χ1) is 15.9. The van der Waals surface area contributed by atoms with Gasteiger partial charge in [0.25, 0.3) is 0 Å². The number of methoxy groups -OCH3 is 1. The Bertz CT molecular complexity index is 1100. The van der Waals surface area contributed by atoms with Gasteiger partial charge in [-0.15, -0.1) is 0 Å². The molecular weight excluding hydrogens is 427 g/mol. The first-order valence-corrected chi connectivity index (χ1v) is 11.9.